The summed E-state index contributed by atoms with van der Waals surface area (Å²) in [6.07, 6.45) is 3.06. The molecule has 7 nitrogen and oxygen atoms in total. The van der Waals surface area contributed by atoms with Crippen LogP contribution in [-0.4, -0.2) is 51.9 Å². The van der Waals surface area contributed by atoms with Crippen LogP contribution in [-0.2, 0) is 13.1 Å². The van der Waals surface area contributed by atoms with Gasteiger partial charge in [-0.05, 0) is 50.7 Å². The highest BCUT2D eigenvalue weighted by Crippen LogP contribution is 2.40. The first-order valence-corrected chi connectivity index (χ1v) is 10.6. The topological polar surface area (TPSA) is 69.0 Å². The van der Waals surface area contributed by atoms with Gasteiger partial charge in [-0.25, -0.2) is 0 Å². The summed E-state index contributed by atoms with van der Waals surface area (Å²) in [7, 11) is 0. The summed E-state index contributed by atoms with van der Waals surface area (Å²) in [5.41, 5.74) is 2.56. The maximum Gasteiger partial charge on any atom is 0.231 e. The summed E-state index contributed by atoms with van der Waals surface area (Å²) < 4.78 is 19.0. The third-order valence-electron chi connectivity index (χ3n) is 6.69. The number of ether oxygens (including phenoxy) is 3. The summed E-state index contributed by atoms with van der Waals surface area (Å²) in [6, 6.07) is 5.61. The molecule has 1 saturated heterocycles. The maximum atomic E-state index is 10.7. The van der Waals surface area contributed by atoms with Gasteiger partial charge in [-0.3, -0.25) is 9.58 Å². The van der Waals surface area contributed by atoms with E-state index < -0.39 is 6.10 Å². The van der Waals surface area contributed by atoms with Crippen LogP contribution in [0.15, 0.2) is 24.4 Å². The molecule has 0 bridgehead atoms. The fourth-order valence-corrected chi connectivity index (χ4v) is 5.07. The van der Waals surface area contributed by atoms with Crippen molar-refractivity contribution >= 4 is 0 Å². The molecule has 1 aliphatic carbocycles. The van der Waals surface area contributed by atoms with Crippen molar-refractivity contribution in [1.82, 2.24) is 14.7 Å². The van der Waals surface area contributed by atoms with Gasteiger partial charge in [0, 0.05) is 43.5 Å². The lowest BCUT2D eigenvalue weighted by Gasteiger charge is -2.35. The summed E-state index contributed by atoms with van der Waals surface area (Å²) in [4.78, 5) is 2.51. The third-order valence-corrected chi connectivity index (χ3v) is 6.69. The largest absolute Gasteiger partial charge is 0.488 e. The average Bonchev–Trinajstić information content (AvgIpc) is 3.41. The van der Waals surface area contributed by atoms with Crippen LogP contribution in [0.3, 0.4) is 0 Å². The molecule has 3 aliphatic rings. The number of likely N-dealkylation sites (tertiary alicyclic amines) is 1. The lowest BCUT2D eigenvalue weighted by Crippen LogP contribution is -2.42. The van der Waals surface area contributed by atoms with Crippen molar-refractivity contribution in [3.8, 4) is 17.2 Å². The van der Waals surface area contributed by atoms with Crippen LogP contribution in [0.2, 0.25) is 0 Å². The molecule has 3 heterocycles. The Bertz CT molecular complexity index is 883. The molecule has 2 fully saturated rings. The van der Waals surface area contributed by atoms with Crippen LogP contribution < -0.4 is 14.2 Å². The number of aromatic nitrogens is 2. The second-order valence-electron chi connectivity index (χ2n) is 8.50. The highest BCUT2D eigenvalue weighted by Gasteiger charge is 2.42. The number of benzene rings is 1. The molecule has 1 aromatic heterocycles. The maximum absolute atomic E-state index is 10.7. The van der Waals surface area contributed by atoms with Crippen LogP contribution in [0.1, 0.15) is 31.0 Å². The average molecular weight is 399 g/mol. The number of rotatable bonds is 5. The Morgan fingerprint density at radius 3 is 2.76 bits per heavy atom. The van der Waals surface area contributed by atoms with E-state index in [2.05, 4.69) is 28.5 Å². The first kappa shape index (κ1) is 18.8. The van der Waals surface area contributed by atoms with E-state index >= 15 is 0 Å². The predicted molar refractivity (Wildman–Crippen MR) is 107 cm³/mol. The minimum absolute atomic E-state index is 0.179. The van der Waals surface area contributed by atoms with Crippen LogP contribution in [0.4, 0.5) is 0 Å². The molecule has 0 radical (unpaired) electrons. The van der Waals surface area contributed by atoms with Gasteiger partial charge < -0.3 is 19.3 Å². The fraction of sp³-hybridized carbons (Fsp3) is 0.591. The first-order chi connectivity index (χ1) is 14.1. The van der Waals surface area contributed by atoms with E-state index in [1.165, 1.54) is 11.3 Å². The van der Waals surface area contributed by atoms with E-state index in [4.69, 9.17) is 14.2 Å². The summed E-state index contributed by atoms with van der Waals surface area (Å²) >= 11 is 0. The Morgan fingerprint density at radius 1 is 1.17 bits per heavy atom. The normalized spacial score (nSPS) is 28.5. The van der Waals surface area contributed by atoms with E-state index in [1.54, 1.807) is 0 Å². The van der Waals surface area contributed by atoms with Crippen molar-refractivity contribution in [2.75, 3.05) is 19.9 Å². The highest BCUT2D eigenvalue weighted by molar-refractivity contribution is 5.47. The molecule has 0 amide bonds. The zero-order chi connectivity index (χ0) is 20.0. The number of hydrogen-bond donors (Lipinski definition) is 1. The number of aliphatic hydroxyl groups is 1. The van der Waals surface area contributed by atoms with Gasteiger partial charge in [-0.15, -0.1) is 0 Å². The molecule has 2 aliphatic heterocycles. The number of aliphatic hydroxyl groups excluding tert-OH is 1. The Labute approximate surface area is 171 Å². The second-order valence-corrected chi connectivity index (χ2v) is 8.50. The van der Waals surface area contributed by atoms with Gasteiger partial charge in [0.2, 0.25) is 6.79 Å². The molecule has 29 heavy (non-hydrogen) atoms. The first-order valence-electron chi connectivity index (χ1n) is 10.6. The van der Waals surface area contributed by atoms with Gasteiger partial charge in [0.1, 0.15) is 11.9 Å². The van der Waals surface area contributed by atoms with Crippen molar-refractivity contribution in [1.29, 1.82) is 0 Å². The molecule has 0 spiro atoms. The SMILES string of the molecule is CCn1ncc(CN2C[C@H]3C[C@@H](Oc4ccc5c(c4)OCO5)[C@H](O)C[C@H]3C2)c1C. The minimum Gasteiger partial charge on any atom is -0.488 e. The van der Waals surface area contributed by atoms with Gasteiger partial charge in [-0.2, -0.15) is 5.10 Å². The van der Waals surface area contributed by atoms with Crippen LogP contribution >= 0.6 is 0 Å². The Hall–Kier alpha value is -2.25. The van der Waals surface area contributed by atoms with Gasteiger partial charge in [0.15, 0.2) is 11.5 Å². The summed E-state index contributed by atoms with van der Waals surface area (Å²) in [6.45, 7) is 8.44. The van der Waals surface area contributed by atoms with Crippen LogP contribution in [0.5, 0.6) is 17.2 Å². The van der Waals surface area contributed by atoms with Crippen LogP contribution in [0, 0.1) is 18.8 Å². The minimum atomic E-state index is -0.439. The molecule has 4 atom stereocenters. The van der Waals surface area contributed by atoms with Gasteiger partial charge in [0.05, 0.1) is 12.3 Å². The number of hydrogen-bond acceptors (Lipinski definition) is 6. The molecule has 2 aromatic rings. The lowest BCUT2D eigenvalue weighted by molar-refractivity contribution is -0.0232. The Morgan fingerprint density at radius 2 is 1.97 bits per heavy atom. The number of fused-ring (bicyclic) bond motifs is 2. The van der Waals surface area contributed by atoms with Crippen LogP contribution in [0.25, 0.3) is 0 Å². The van der Waals surface area contributed by atoms with E-state index in [0.717, 1.165) is 50.5 Å². The Balaban J connectivity index is 1.22. The van der Waals surface area contributed by atoms with E-state index in [1.807, 2.05) is 24.4 Å². The smallest absolute Gasteiger partial charge is 0.231 e. The predicted octanol–water partition coefficient (Wildman–Crippen LogP) is 2.59. The van der Waals surface area contributed by atoms with Crippen molar-refractivity contribution in [2.45, 2.75) is 52.0 Å². The van der Waals surface area contributed by atoms with Crippen molar-refractivity contribution in [3.63, 3.8) is 0 Å². The van der Waals surface area contributed by atoms with Crippen molar-refractivity contribution in [2.24, 2.45) is 11.8 Å². The summed E-state index contributed by atoms with van der Waals surface area (Å²) in [5.74, 6) is 3.27. The molecule has 1 aromatic carbocycles. The van der Waals surface area contributed by atoms with Gasteiger partial charge in [0.25, 0.3) is 0 Å². The lowest BCUT2D eigenvalue weighted by atomic mass is 9.78. The Kier molecular flexibility index (Phi) is 4.87. The molecular weight excluding hydrogens is 370 g/mol. The van der Waals surface area contributed by atoms with E-state index in [9.17, 15) is 5.11 Å². The second kappa shape index (κ2) is 7.54. The highest BCUT2D eigenvalue weighted by atomic mass is 16.7. The molecular formula is C22H29N3O4. The van der Waals surface area contributed by atoms with E-state index in [-0.39, 0.29) is 12.9 Å². The van der Waals surface area contributed by atoms with Crippen molar-refractivity contribution in [3.05, 3.63) is 35.7 Å². The molecule has 5 rings (SSSR count). The molecule has 7 heteroatoms. The zero-order valence-corrected chi connectivity index (χ0v) is 17.1. The summed E-state index contributed by atoms with van der Waals surface area (Å²) in [5, 5.41) is 15.2. The fourth-order valence-electron chi connectivity index (χ4n) is 5.07. The molecule has 1 N–H and O–H groups in total. The monoisotopic (exact) mass is 399 g/mol. The quantitative estimate of drug-likeness (QED) is 0.834. The van der Waals surface area contributed by atoms with Gasteiger partial charge in [-0.1, -0.05) is 0 Å². The molecule has 1 saturated carbocycles. The molecule has 156 valence electrons. The molecule has 0 unspecified atom stereocenters. The van der Waals surface area contributed by atoms with Crippen molar-refractivity contribution < 1.29 is 19.3 Å². The van der Waals surface area contributed by atoms with Gasteiger partial charge >= 0.3 is 0 Å². The third kappa shape index (κ3) is 3.57. The standard InChI is InChI=1S/C22H29N3O4/c1-3-25-14(2)17(9-23-25)12-24-10-15-6-19(26)21(7-16(15)11-24)29-18-4-5-20-22(8-18)28-13-27-20/h4-5,8-9,15-16,19,21,26H,3,6-7,10-13H2,1-2H3/t15-,16+,19+,21+/m0/s1. The number of nitrogens with zero attached hydrogens (tertiary/aromatic N) is 3. The van der Waals surface area contributed by atoms with E-state index in [0.29, 0.717) is 17.6 Å². The zero-order valence-electron chi connectivity index (χ0n) is 17.1. The number of aryl methyl sites for hydroxylation is 1.